The maximum atomic E-state index is 8.87. The minimum absolute atomic E-state index is 0.139. The van der Waals surface area contributed by atoms with Crippen molar-refractivity contribution in [1.82, 2.24) is 0 Å². The minimum atomic E-state index is -0.139. The van der Waals surface area contributed by atoms with Crippen LogP contribution in [-0.2, 0) is 0 Å². The van der Waals surface area contributed by atoms with Crippen molar-refractivity contribution in [2.24, 2.45) is 5.41 Å². The van der Waals surface area contributed by atoms with Crippen molar-refractivity contribution in [1.29, 1.82) is 0 Å². The van der Waals surface area contributed by atoms with E-state index >= 15 is 0 Å². The highest BCUT2D eigenvalue weighted by Gasteiger charge is 2.30. The van der Waals surface area contributed by atoms with Crippen LogP contribution in [0.2, 0.25) is 0 Å². The summed E-state index contributed by atoms with van der Waals surface area (Å²) in [6.45, 7) is 0.170. The van der Waals surface area contributed by atoms with Crippen LogP contribution in [0.4, 0.5) is 0 Å². The standard InChI is InChI=1S/C8H12O/c1-2-8(7-9)5-3-4-6-8/h1,9H,3-7H2. The molecule has 0 aromatic rings. The van der Waals surface area contributed by atoms with Gasteiger partial charge in [0.1, 0.15) is 0 Å². The molecule has 0 saturated heterocycles. The molecule has 0 radical (unpaired) electrons. The molecule has 1 nitrogen and oxygen atoms in total. The highest BCUT2D eigenvalue weighted by molar-refractivity contribution is 5.07. The Bertz CT molecular complexity index is 126. The summed E-state index contributed by atoms with van der Waals surface area (Å²) in [4.78, 5) is 0. The Morgan fingerprint density at radius 3 is 2.22 bits per heavy atom. The summed E-state index contributed by atoms with van der Waals surface area (Å²) < 4.78 is 0. The number of aliphatic hydroxyl groups excluding tert-OH is 1. The SMILES string of the molecule is C#CC1(CO)CCCC1. The van der Waals surface area contributed by atoms with E-state index in [0.29, 0.717) is 0 Å². The molecule has 50 valence electrons. The highest BCUT2D eigenvalue weighted by atomic mass is 16.3. The predicted molar refractivity (Wildman–Crippen MR) is 36.8 cm³/mol. The Morgan fingerprint density at radius 2 is 2.00 bits per heavy atom. The summed E-state index contributed by atoms with van der Waals surface area (Å²) in [6, 6.07) is 0. The molecule has 0 aliphatic heterocycles. The summed E-state index contributed by atoms with van der Waals surface area (Å²) >= 11 is 0. The van der Waals surface area contributed by atoms with Crippen molar-refractivity contribution in [3.05, 3.63) is 0 Å². The lowest BCUT2D eigenvalue weighted by Gasteiger charge is -2.17. The Hall–Kier alpha value is -0.480. The lowest BCUT2D eigenvalue weighted by atomic mass is 9.89. The first kappa shape index (κ1) is 6.64. The fourth-order valence-electron chi connectivity index (χ4n) is 1.40. The van der Waals surface area contributed by atoms with Crippen LogP contribution in [0.15, 0.2) is 0 Å². The van der Waals surface area contributed by atoms with Crippen molar-refractivity contribution in [2.45, 2.75) is 25.7 Å². The van der Waals surface area contributed by atoms with Gasteiger partial charge < -0.3 is 5.11 Å². The third kappa shape index (κ3) is 1.09. The predicted octanol–water partition coefficient (Wildman–Crippen LogP) is 1.17. The number of hydrogen-bond donors (Lipinski definition) is 1. The van der Waals surface area contributed by atoms with Crippen LogP contribution in [0.3, 0.4) is 0 Å². The summed E-state index contributed by atoms with van der Waals surface area (Å²) in [5, 5.41) is 8.87. The Morgan fingerprint density at radius 1 is 1.44 bits per heavy atom. The minimum Gasteiger partial charge on any atom is -0.395 e. The van der Waals surface area contributed by atoms with Gasteiger partial charge in [0.2, 0.25) is 0 Å². The monoisotopic (exact) mass is 124 g/mol. The quantitative estimate of drug-likeness (QED) is 0.520. The van der Waals surface area contributed by atoms with Crippen LogP contribution in [0.1, 0.15) is 25.7 Å². The first-order chi connectivity index (χ1) is 4.33. The average Bonchev–Trinajstić information content (AvgIpc) is 2.36. The van der Waals surface area contributed by atoms with Crippen molar-refractivity contribution >= 4 is 0 Å². The van der Waals surface area contributed by atoms with E-state index in [9.17, 15) is 0 Å². The molecule has 0 amide bonds. The molecule has 0 unspecified atom stereocenters. The summed E-state index contributed by atoms with van der Waals surface area (Å²) in [6.07, 6.45) is 9.67. The van der Waals surface area contributed by atoms with Gasteiger partial charge in [0.05, 0.1) is 12.0 Å². The third-order valence-corrected chi connectivity index (χ3v) is 2.17. The number of hydrogen-bond acceptors (Lipinski definition) is 1. The summed E-state index contributed by atoms with van der Waals surface area (Å²) in [7, 11) is 0. The van der Waals surface area contributed by atoms with Gasteiger partial charge in [0.15, 0.2) is 0 Å². The largest absolute Gasteiger partial charge is 0.395 e. The van der Waals surface area contributed by atoms with Crippen LogP contribution in [0.25, 0.3) is 0 Å². The van der Waals surface area contributed by atoms with Gasteiger partial charge in [0, 0.05) is 0 Å². The molecular formula is C8H12O. The van der Waals surface area contributed by atoms with E-state index < -0.39 is 0 Å². The molecular weight excluding hydrogens is 112 g/mol. The molecule has 0 heterocycles. The molecule has 1 aliphatic rings. The van der Waals surface area contributed by atoms with Gasteiger partial charge in [-0.25, -0.2) is 0 Å². The molecule has 1 N–H and O–H groups in total. The van der Waals surface area contributed by atoms with Gasteiger partial charge in [-0.2, -0.15) is 0 Å². The van der Waals surface area contributed by atoms with Gasteiger partial charge in [-0.15, -0.1) is 6.42 Å². The summed E-state index contributed by atoms with van der Waals surface area (Å²) in [5.74, 6) is 2.68. The second-order valence-corrected chi connectivity index (χ2v) is 2.79. The van der Waals surface area contributed by atoms with E-state index in [-0.39, 0.29) is 12.0 Å². The Balaban J connectivity index is 2.59. The van der Waals surface area contributed by atoms with Gasteiger partial charge in [-0.05, 0) is 12.8 Å². The molecule has 1 saturated carbocycles. The highest BCUT2D eigenvalue weighted by Crippen LogP contribution is 2.36. The fraction of sp³-hybridized carbons (Fsp3) is 0.750. The molecule has 0 aromatic carbocycles. The van der Waals surface area contributed by atoms with E-state index in [0.717, 1.165) is 12.8 Å². The molecule has 0 atom stereocenters. The number of aliphatic hydroxyl groups is 1. The number of terminal acetylenes is 1. The second kappa shape index (κ2) is 2.41. The Labute approximate surface area is 56.1 Å². The number of rotatable bonds is 1. The second-order valence-electron chi connectivity index (χ2n) is 2.79. The summed E-state index contributed by atoms with van der Waals surface area (Å²) in [5.41, 5.74) is -0.139. The fourth-order valence-corrected chi connectivity index (χ4v) is 1.40. The smallest absolute Gasteiger partial charge is 0.0597 e. The van der Waals surface area contributed by atoms with Gasteiger partial charge in [0.25, 0.3) is 0 Å². The molecule has 1 fully saturated rings. The van der Waals surface area contributed by atoms with Crippen molar-refractivity contribution in [3.63, 3.8) is 0 Å². The van der Waals surface area contributed by atoms with Gasteiger partial charge in [-0.1, -0.05) is 18.8 Å². The van der Waals surface area contributed by atoms with E-state index in [2.05, 4.69) is 5.92 Å². The van der Waals surface area contributed by atoms with Crippen LogP contribution in [0, 0.1) is 17.8 Å². The maximum absolute atomic E-state index is 8.87. The van der Waals surface area contributed by atoms with E-state index in [1.165, 1.54) is 12.8 Å². The van der Waals surface area contributed by atoms with Gasteiger partial charge >= 0.3 is 0 Å². The zero-order valence-electron chi connectivity index (χ0n) is 5.56. The topological polar surface area (TPSA) is 20.2 Å². The lowest BCUT2D eigenvalue weighted by Crippen LogP contribution is -2.18. The van der Waals surface area contributed by atoms with Crippen molar-refractivity contribution in [2.75, 3.05) is 6.61 Å². The van der Waals surface area contributed by atoms with Crippen molar-refractivity contribution < 1.29 is 5.11 Å². The average molecular weight is 124 g/mol. The molecule has 0 bridgehead atoms. The van der Waals surface area contributed by atoms with Crippen LogP contribution < -0.4 is 0 Å². The third-order valence-electron chi connectivity index (χ3n) is 2.17. The molecule has 1 aliphatic carbocycles. The molecule has 0 spiro atoms. The lowest BCUT2D eigenvalue weighted by molar-refractivity contribution is 0.182. The molecule has 9 heavy (non-hydrogen) atoms. The van der Waals surface area contributed by atoms with E-state index in [1.54, 1.807) is 0 Å². The Kier molecular flexibility index (Phi) is 1.78. The normalized spacial score (nSPS) is 23.6. The van der Waals surface area contributed by atoms with E-state index in [1.807, 2.05) is 0 Å². The molecule has 1 rings (SSSR count). The first-order valence-electron chi connectivity index (χ1n) is 3.42. The first-order valence-corrected chi connectivity index (χ1v) is 3.42. The van der Waals surface area contributed by atoms with Crippen LogP contribution in [0.5, 0.6) is 0 Å². The van der Waals surface area contributed by atoms with Crippen molar-refractivity contribution in [3.8, 4) is 12.3 Å². The zero-order chi connectivity index (χ0) is 6.74. The van der Waals surface area contributed by atoms with Crippen LogP contribution in [-0.4, -0.2) is 11.7 Å². The maximum Gasteiger partial charge on any atom is 0.0597 e. The van der Waals surface area contributed by atoms with E-state index in [4.69, 9.17) is 11.5 Å². The van der Waals surface area contributed by atoms with Crippen LogP contribution >= 0.6 is 0 Å². The van der Waals surface area contributed by atoms with Gasteiger partial charge in [-0.3, -0.25) is 0 Å². The molecule has 0 aromatic heterocycles. The zero-order valence-corrected chi connectivity index (χ0v) is 5.56. The molecule has 1 heteroatoms.